The lowest BCUT2D eigenvalue weighted by atomic mass is 10.2. The van der Waals surface area contributed by atoms with Crippen molar-refractivity contribution in [2.24, 2.45) is 0 Å². The second kappa shape index (κ2) is 6.30. The van der Waals surface area contributed by atoms with Gasteiger partial charge in [0.2, 0.25) is 0 Å². The summed E-state index contributed by atoms with van der Waals surface area (Å²) in [5.74, 6) is -0.575. The van der Waals surface area contributed by atoms with Gasteiger partial charge in [-0.05, 0) is 43.7 Å². The molecule has 0 atom stereocenters. The molecule has 0 spiro atoms. The summed E-state index contributed by atoms with van der Waals surface area (Å²) in [6.45, 7) is 4.18. The Kier molecular flexibility index (Phi) is 4.67. The van der Waals surface area contributed by atoms with Crippen LogP contribution < -0.4 is 11.1 Å². The number of anilines is 1. The first-order chi connectivity index (χ1) is 9.88. The molecule has 0 aliphatic carbocycles. The van der Waals surface area contributed by atoms with Crippen molar-refractivity contribution in [2.75, 3.05) is 5.73 Å². The van der Waals surface area contributed by atoms with Crippen molar-refractivity contribution in [3.63, 3.8) is 0 Å². The molecule has 0 bridgehead atoms. The molecule has 2 aromatic rings. The number of nitrogens with two attached hydrogens (primary N) is 1. The van der Waals surface area contributed by atoms with Gasteiger partial charge < -0.3 is 15.6 Å². The zero-order valence-electron chi connectivity index (χ0n) is 11.9. The number of halogens is 2. The quantitative estimate of drug-likeness (QED) is 0.883. The Morgan fingerprint density at radius 3 is 2.81 bits per heavy atom. The number of carbonyl (C=O) groups excluding carboxylic acids is 1. The lowest BCUT2D eigenvalue weighted by Gasteiger charge is -2.13. The van der Waals surface area contributed by atoms with E-state index in [-0.39, 0.29) is 24.3 Å². The smallest absolute Gasteiger partial charge is 0.268 e. The molecular formula is C15H17BrFN3O. The average Bonchev–Trinajstić information content (AvgIpc) is 2.82. The number of hydrogen-bond acceptors (Lipinski definition) is 2. The molecule has 6 heteroatoms. The molecule has 0 radical (unpaired) electrons. The standard InChI is InChI=1S/C15H17BrFN3O/c1-9(2)20-8-12(18)6-14(20)15(21)19-7-10-5-11(17)3-4-13(10)16/h3-6,8-9H,7,18H2,1-2H3,(H,19,21). The number of hydrogen-bond donors (Lipinski definition) is 2. The largest absolute Gasteiger partial charge is 0.397 e. The van der Waals surface area contributed by atoms with E-state index in [9.17, 15) is 9.18 Å². The number of nitrogen functional groups attached to an aromatic ring is 1. The third-order valence-electron chi connectivity index (χ3n) is 3.11. The normalized spacial score (nSPS) is 10.9. The molecule has 1 aromatic carbocycles. The molecule has 0 fully saturated rings. The van der Waals surface area contributed by atoms with Crippen molar-refractivity contribution in [1.82, 2.24) is 9.88 Å². The number of carbonyl (C=O) groups is 1. The van der Waals surface area contributed by atoms with Gasteiger partial charge in [-0.2, -0.15) is 0 Å². The maximum atomic E-state index is 13.2. The molecule has 1 amide bonds. The zero-order valence-corrected chi connectivity index (χ0v) is 13.4. The average molecular weight is 354 g/mol. The van der Waals surface area contributed by atoms with Crippen molar-refractivity contribution in [3.8, 4) is 0 Å². The minimum absolute atomic E-state index is 0.129. The van der Waals surface area contributed by atoms with Crippen LogP contribution in [0.15, 0.2) is 34.9 Å². The van der Waals surface area contributed by atoms with Gasteiger partial charge in [-0.15, -0.1) is 0 Å². The van der Waals surface area contributed by atoms with Crippen LogP contribution in [0.1, 0.15) is 35.9 Å². The van der Waals surface area contributed by atoms with Gasteiger partial charge in [0.15, 0.2) is 0 Å². The van der Waals surface area contributed by atoms with Crippen LogP contribution in [0.4, 0.5) is 10.1 Å². The van der Waals surface area contributed by atoms with E-state index >= 15 is 0 Å². The summed E-state index contributed by atoms with van der Waals surface area (Å²) in [4.78, 5) is 12.3. The Balaban J connectivity index is 2.14. The second-order valence-corrected chi connectivity index (χ2v) is 5.93. The predicted molar refractivity (Wildman–Crippen MR) is 84.5 cm³/mol. The lowest BCUT2D eigenvalue weighted by Crippen LogP contribution is -2.26. The summed E-state index contributed by atoms with van der Waals surface area (Å²) >= 11 is 3.34. The molecular weight excluding hydrogens is 337 g/mol. The highest BCUT2D eigenvalue weighted by atomic mass is 79.9. The molecule has 0 aliphatic heterocycles. The van der Waals surface area contributed by atoms with Gasteiger partial charge in [0.05, 0.1) is 5.69 Å². The highest BCUT2D eigenvalue weighted by Crippen LogP contribution is 2.19. The SMILES string of the molecule is CC(C)n1cc(N)cc1C(=O)NCc1cc(F)ccc1Br. The van der Waals surface area contributed by atoms with Gasteiger partial charge in [0.1, 0.15) is 11.5 Å². The van der Waals surface area contributed by atoms with Crippen molar-refractivity contribution in [1.29, 1.82) is 0 Å². The summed E-state index contributed by atoms with van der Waals surface area (Å²) in [7, 11) is 0. The van der Waals surface area contributed by atoms with Gasteiger partial charge in [0, 0.05) is 23.3 Å². The maximum absolute atomic E-state index is 13.2. The van der Waals surface area contributed by atoms with Crippen molar-refractivity contribution in [3.05, 3.63) is 52.0 Å². The van der Waals surface area contributed by atoms with Crippen molar-refractivity contribution < 1.29 is 9.18 Å². The molecule has 1 aromatic heterocycles. The number of benzene rings is 1. The second-order valence-electron chi connectivity index (χ2n) is 5.08. The van der Waals surface area contributed by atoms with Crippen LogP contribution in [0.3, 0.4) is 0 Å². The van der Waals surface area contributed by atoms with Crippen LogP contribution >= 0.6 is 15.9 Å². The Morgan fingerprint density at radius 1 is 1.43 bits per heavy atom. The topological polar surface area (TPSA) is 60.0 Å². The molecule has 2 rings (SSSR count). The van der Waals surface area contributed by atoms with Crippen LogP contribution in [0.2, 0.25) is 0 Å². The molecule has 0 unspecified atom stereocenters. The Bertz CT molecular complexity index is 667. The fourth-order valence-corrected chi connectivity index (χ4v) is 2.44. The fourth-order valence-electron chi connectivity index (χ4n) is 2.05. The minimum Gasteiger partial charge on any atom is -0.397 e. The summed E-state index contributed by atoms with van der Waals surface area (Å²) in [6, 6.07) is 6.13. The van der Waals surface area contributed by atoms with Crippen LogP contribution in [0.25, 0.3) is 0 Å². The van der Waals surface area contributed by atoms with E-state index in [0.29, 0.717) is 16.9 Å². The predicted octanol–water partition coefficient (Wildman–Crippen LogP) is 3.48. The van der Waals surface area contributed by atoms with E-state index in [0.717, 1.165) is 4.47 Å². The minimum atomic E-state index is -0.336. The molecule has 3 N–H and O–H groups in total. The number of rotatable bonds is 4. The van der Waals surface area contributed by atoms with Crippen LogP contribution in [0.5, 0.6) is 0 Å². The molecule has 4 nitrogen and oxygen atoms in total. The third kappa shape index (κ3) is 3.64. The van der Waals surface area contributed by atoms with E-state index in [4.69, 9.17) is 5.73 Å². The molecule has 21 heavy (non-hydrogen) atoms. The Labute approximate surface area is 131 Å². The first-order valence-electron chi connectivity index (χ1n) is 6.58. The molecule has 112 valence electrons. The third-order valence-corrected chi connectivity index (χ3v) is 3.88. The monoisotopic (exact) mass is 353 g/mol. The van der Waals surface area contributed by atoms with E-state index in [1.54, 1.807) is 18.3 Å². The molecule has 0 saturated heterocycles. The number of nitrogens with one attached hydrogen (secondary N) is 1. The number of nitrogens with zero attached hydrogens (tertiary/aromatic N) is 1. The molecule has 0 aliphatic rings. The van der Waals surface area contributed by atoms with Gasteiger partial charge >= 0.3 is 0 Å². The van der Waals surface area contributed by atoms with Gasteiger partial charge in [0.25, 0.3) is 5.91 Å². The van der Waals surface area contributed by atoms with Crippen molar-refractivity contribution >= 4 is 27.5 Å². The summed E-state index contributed by atoms with van der Waals surface area (Å²) in [6.07, 6.45) is 1.73. The fraction of sp³-hybridized carbons (Fsp3) is 0.267. The van der Waals surface area contributed by atoms with E-state index in [2.05, 4.69) is 21.2 Å². The van der Waals surface area contributed by atoms with Gasteiger partial charge in [-0.25, -0.2) is 4.39 Å². The van der Waals surface area contributed by atoms with Gasteiger partial charge in [-0.3, -0.25) is 4.79 Å². The van der Waals surface area contributed by atoms with E-state index in [1.807, 2.05) is 18.4 Å². The van der Waals surface area contributed by atoms with Crippen LogP contribution in [-0.2, 0) is 6.54 Å². The Morgan fingerprint density at radius 2 is 2.14 bits per heavy atom. The van der Waals surface area contributed by atoms with E-state index < -0.39 is 0 Å². The van der Waals surface area contributed by atoms with Gasteiger partial charge in [-0.1, -0.05) is 15.9 Å². The van der Waals surface area contributed by atoms with Crippen molar-refractivity contribution in [2.45, 2.75) is 26.4 Å². The highest BCUT2D eigenvalue weighted by molar-refractivity contribution is 9.10. The summed E-state index contributed by atoms with van der Waals surface area (Å²) < 4.78 is 15.8. The zero-order chi connectivity index (χ0) is 15.6. The molecule has 1 heterocycles. The first kappa shape index (κ1) is 15.6. The van der Waals surface area contributed by atoms with Crippen LogP contribution in [-0.4, -0.2) is 10.5 Å². The maximum Gasteiger partial charge on any atom is 0.268 e. The summed E-state index contributed by atoms with van der Waals surface area (Å²) in [5, 5.41) is 2.78. The van der Waals surface area contributed by atoms with E-state index in [1.165, 1.54) is 12.1 Å². The Hall–Kier alpha value is -1.82. The highest BCUT2D eigenvalue weighted by Gasteiger charge is 2.15. The first-order valence-corrected chi connectivity index (χ1v) is 7.37. The molecule has 0 saturated carbocycles. The number of aromatic nitrogens is 1. The lowest BCUT2D eigenvalue weighted by molar-refractivity contribution is 0.0940. The number of amides is 1. The van der Waals surface area contributed by atoms with Crippen LogP contribution in [0, 0.1) is 5.82 Å². The summed E-state index contributed by atoms with van der Waals surface area (Å²) in [5.41, 5.74) is 7.47.